The Kier molecular flexibility index (Phi) is 4.10. The fourth-order valence-electron chi connectivity index (χ4n) is 2.99. The highest BCUT2D eigenvalue weighted by atomic mass is 19.1. The van der Waals surface area contributed by atoms with Gasteiger partial charge in [-0.15, -0.1) is 0 Å². The first-order valence-electron chi connectivity index (χ1n) is 8.40. The van der Waals surface area contributed by atoms with E-state index in [1.165, 1.54) is 12.1 Å². The molecule has 0 atom stereocenters. The Morgan fingerprint density at radius 1 is 1.00 bits per heavy atom. The van der Waals surface area contributed by atoms with Crippen LogP contribution in [0.15, 0.2) is 71.5 Å². The van der Waals surface area contributed by atoms with Crippen molar-refractivity contribution in [2.75, 3.05) is 0 Å². The van der Waals surface area contributed by atoms with Crippen molar-refractivity contribution in [2.45, 2.75) is 25.5 Å². The molecule has 3 nitrogen and oxygen atoms in total. The lowest BCUT2D eigenvalue weighted by molar-refractivity contribution is 0.307. The summed E-state index contributed by atoms with van der Waals surface area (Å²) < 4.78 is 21.6. The number of nitrogens with zero attached hydrogens (tertiary/aromatic N) is 1. The monoisotopic (exact) mass is 335 g/mol. The van der Waals surface area contributed by atoms with Crippen LogP contribution in [-0.4, -0.2) is 4.57 Å². The Balaban J connectivity index is 1.74. The smallest absolute Gasteiger partial charge is 0.251 e. The lowest BCUT2D eigenvalue weighted by Crippen LogP contribution is -2.19. The SMILES string of the molecule is O=c1cccc(-c2cc(F)ccc2OCc2ccccc2)n1C1CC1. The molecule has 1 aromatic heterocycles. The van der Waals surface area contributed by atoms with Crippen molar-refractivity contribution in [3.63, 3.8) is 0 Å². The number of hydrogen-bond donors (Lipinski definition) is 0. The zero-order chi connectivity index (χ0) is 17.2. The predicted octanol–water partition coefficient (Wildman–Crippen LogP) is 4.57. The molecule has 1 aliphatic rings. The van der Waals surface area contributed by atoms with Crippen LogP contribution < -0.4 is 10.3 Å². The summed E-state index contributed by atoms with van der Waals surface area (Å²) in [5.41, 5.74) is 2.29. The van der Waals surface area contributed by atoms with Crippen molar-refractivity contribution < 1.29 is 9.13 Å². The third kappa shape index (κ3) is 3.33. The third-order valence-corrected chi connectivity index (χ3v) is 4.36. The Labute approximate surface area is 145 Å². The van der Waals surface area contributed by atoms with Gasteiger partial charge in [0.25, 0.3) is 5.56 Å². The van der Waals surface area contributed by atoms with Gasteiger partial charge in [-0.1, -0.05) is 36.4 Å². The highest BCUT2D eigenvalue weighted by molar-refractivity contribution is 5.68. The van der Waals surface area contributed by atoms with Crippen LogP contribution in [0.4, 0.5) is 4.39 Å². The number of benzene rings is 2. The predicted molar refractivity (Wildman–Crippen MR) is 95.1 cm³/mol. The van der Waals surface area contributed by atoms with Crippen LogP contribution in [0.5, 0.6) is 5.75 Å². The van der Waals surface area contributed by atoms with Crippen molar-refractivity contribution in [2.24, 2.45) is 0 Å². The molecule has 0 N–H and O–H groups in total. The molecule has 4 heteroatoms. The highest BCUT2D eigenvalue weighted by Crippen LogP contribution is 2.39. The molecule has 1 saturated carbocycles. The van der Waals surface area contributed by atoms with Gasteiger partial charge in [-0.2, -0.15) is 0 Å². The molecule has 4 rings (SSSR count). The minimum Gasteiger partial charge on any atom is -0.488 e. The van der Waals surface area contributed by atoms with E-state index in [1.807, 2.05) is 36.4 Å². The van der Waals surface area contributed by atoms with Gasteiger partial charge in [0.15, 0.2) is 0 Å². The van der Waals surface area contributed by atoms with Crippen molar-refractivity contribution in [1.29, 1.82) is 0 Å². The van der Waals surface area contributed by atoms with E-state index in [1.54, 1.807) is 22.8 Å². The first kappa shape index (κ1) is 15.6. The second-order valence-corrected chi connectivity index (χ2v) is 6.27. The van der Waals surface area contributed by atoms with Gasteiger partial charge in [0, 0.05) is 17.7 Å². The van der Waals surface area contributed by atoms with Gasteiger partial charge in [-0.05, 0) is 42.7 Å². The molecule has 0 unspecified atom stereocenters. The van der Waals surface area contributed by atoms with Crippen LogP contribution in [-0.2, 0) is 6.61 Å². The van der Waals surface area contributed by atoms with Crippen LogP contribution >= 0.6 is 0 Å². The van der Waals surface area contributed by atoms with Crippen molar-refractivity contribution >= 4 is 0 Å². The highest BCUT2D eigenvalue weighted by Gasteiger charge is 2.27. The summed E-state index contributed by atoms with van der Waals surface area (Å²) in [5.74, 6) is 0.228. The minimum absolute atomic E-state index is 0.0572. The molecule has 1 fully saturated rings. The van der Waals surface area contributed by atoms with Gasteiger partial charge < -0.3 is 9.30 Å². The van der Waals surface area contributed by atoms with Crippen LogP contribution in [0, 0.1) is 5.82 Å². The molecular weight excluding hydrogens is 317 g/mol. The first-order chi connectivity index (χ1) is 12.2. The molecule has 1 heterocycles. The Morgan fingerprint density at radius 2 is 1.80 bits per heavy atom. The van der Waals surface area contributed by atoms with Crippen LogP contribution in [0.1, 0.15) is 24.4 Å². The van der Waals surface area contributed by atoms with Crippen LogP contribution in [0.2, 0.25) is 0 Å². The molecule has 25 heavy (non-hydrogen) atoms. The van der Waals surface area contributed by atoms with E-state index in [9.17, 15) is 9.18 Å². The second kappa shape index (κ2) is 6.55. The number of aromatic nitrogens is 1. The molecule has 0 saturated heterocycles. The fourth-order valence-corrected chi connectivity index (χ4v) is 2.99. The van der Waals surface area contributed by atoms with E-state index >= 15 is 0 Å². The summed E-state index contributed by atoms with van der Waals surface area (Å²) in [7, 11) is 0. The Bertz CT molecular complexity index is 946. The third-order valence-electron chi connectivity index (χ3n) is 4.36. The molecule has 2 aromatic carbocycles. The summed E-state index contributed by atoms with van der Waals surface area (Å²) in [4.78, 5) is 12.3. The summed E-state index contributed by atoms with van der Waals surface area (Å²) in [6.45, 7) is 0.389. The maximum absolute atomic E-state index is 13.9. The zero-order valence-corrected chi connectivity index (χ0v) is 13.7. The number of halogens is 1. The molecule has 1 aliphatic carbocycles. The second-order valence-electron chi connectivity index (χ2n) is 6.27. The largest absolute Gasteiger partial charge is 0.488 e. The maximum Gasteiger partial charge on any atom is 0.251 e. The van der Waals surface area contributed by atoms with Crippen molar-refractivity contribution in [3.8, 4) is 17.0 Å². The van der Waals surface area contributed by atoms with E-state index in [0.717, 1.165) is 18.4 Å². The van der Waals surface area contributed by atoms with Gasteiger partial charge in [0.05, 0.1) is 5.69 Å². The normalized spacial score (nSPS) is 13.6. The summed E-state index contributed by atoms with van der Waals surface area (Å²) >= 11 is 0. The van der Waals surface area contributed by atoms with Gasteiger partial charge in [-0.3, -0.25) is 4.79 Å². The Hall–Kier alpha value is -2.88. The van der Waals surface area contributed by atoms with E-state index in [2.05, 4.69) is 0 Å². The average molecular weight is 335 g/mol. The zero-order valence-electron chi connectivity index (χ0n) is 13.7. The quantitative estimate of drug-likeness (QED) is 0.684. The van der Waals surface area contributed by atoms with E-state index in [0.29, 0.717) is 23.6 Å². The van der Waals surface area contributed by atoms with E-state index in [-0.39, 0.29) is 17.4 Å². The molecule has 3 aromatic rings. The maximum atomic E-state index is 13.9. The van der Waals surface area contributed by atoms with Gasteiger partial charge in [-0.25, -0.2) is 4.39 Å². The molecule has 126 valence electrons. The molecule has 0 spiro atoms. The topological polar surface area (TPSA) is 31.2 Å². The van der Waals surface area contributed by atoms with Gasteiger partial charge >= 0.3 is 0 Å². The van der Waals surface area contributed by atoms with Crippen LogP contribution in [0.3, 0.4) is 0 Å². The van der Waals surface area contributed by atoms with Crippen molar-refractivity contribution in [3.05, 3.63) is 88.5 Å². The lowest BCUT2D eigenvalue weighted by Gasteiger charge is -2.16. The molecule has 0 aliphatic heterocycles. The lowest BCUT2D eigenvalue weighted by atomic mass is 10.1. The molecule has 0 bridgehead atoms. The van der Waals surface area contributed by atoms with E-state index in [4.69, 9.17) is 4.74 Å². The first-order valence-corrected chi connectivity index (χ1v) is 8.40. The van der Waals surface area contributed by atoms with Gasteiger partial charge in [0.1, 0.15) is 18.2 Å². The number of ether oxygens (including phenoxy) is 1. The number of pyridine rings is 1. The standard InChI is InChI=1S/C21H18FNO2/c22-16-9-12-20(25-14-15-5-2-1-3-6-15)18(13-16)19-7-4-8-21(24)23(19)17-10-11-17/h1-9,12-13,17H,10-11,14H2. The van der Waals surface area contributed by atoms with E-state index < -0.39 is 0 Å². The molecule has 0 amide bonds. The summed E-state index contributed by atoms with van der Waals surface area (Å²) in [5, 5.41) is 0. The fraction of sp³-hybridized carbons (Fsp3) is 0.190. The van der Waals surface area contributed by atoms with Gasteiger partial charge in [0.2, 0.25) is 0 Å². The number of rotatable bonds is 5. The average Bonchev–Trinajstić information content (AvgIpc) is 3.46. The summed E-state index contributed by atoms with van der Waals surface area (Å²) in [6, 6.07) is 19.6. The summed E-state index contributed by atoms with van der Waals surface area (Å²) in [6.07, 6.45) is 1.96. The molecular formula is C21H18FNO2. The Morgan fingerprint density at radius 3 is 2.56 bits per heavy atom. The van der Waals surface area contributed by atoms with Crippen molar-refractivity contribution in [1.82, 2.24) is 4.57 Å². The molecule has 0 radical (unpaired) electrons. The minimum atomic E-state index is -0.347. The number of hydrogen-bond acceptors (Lipinski definition) is 2. The van der Waals surface area contributed by atoms with Crippen LogP contribution in [0.25, 0.3) is 11.3 Å².